The van der Waals surface area contributed by atoms with Gasteiger partial charge in [0.05, 0.1) is 23.3 Å². The van der Waals surface area contributed by atoms with Crippen LogP contribution in [0, 0.1) is 6.92 Å². The average molecular weight is 575 g/mol. The van der Waals surface area contributed by atoms with Gasteiger partial charge in [-0.25, -0.2) is 15.0 Å². The van der Waals surface area contributed by atoms with Crippen LogP contribution in [-0.4, -0.2) is 48.7 Å². The van der Waals surface area contributed by atoms with E-state index >= 15 is 0 Å². The quantitative estimate of drug-likeness (QED) is 0.191. The van der Waals surface area contributed by atoms with Crippen molar-refractivity contribution in [3.63, 3.8) is 0 Å². The van der Waals surface area contributed by atoms with Crippen LogP contribution in [-0.2, 0) is 6.18 Å². The molecule has 4 N–H and O–H groups in total. The highest BCUT2D eigenvalue weighted by atomic mass is 19.4. The largest absolute Gasteiger partial charge is 0.507 e. The number of hydrogen-bond donors (Lipinski definition) is 4. The van der Waals surface area contributed by atoms with E-state index in [2.05, 4.69) is 30.6 Å². The molecule has 0 radical (unpaired) electrons. The standard InChI is InChI=1S/C30H25F3N6O3/c1-16-3-4-19(28(42)38-24-13-21(7-10-35-24)30(31,32)33)11-22(16)23-12-20-14-36-29(37-17(2)15-40)39-26(20)25(27(23)41)18-5-8-34-9-6-18/h3-14,17,40-41H,15H2,1-2H3,(H,35,38,42)(H,36,37,39)/t17-/m0/s1. The van der Waals surface area contributed by atoms with Crippen LogP contribution in [0.15, 0.2) is 73.3 Å². The molecule has 0 aliphatic carbocycles. The number of aliphatic hydroxyl groups is 1. The number of hydrogen-bond acceptors (Lipinski definition) is 8. The number of anilines is 2. The van der Waals surface area contributed by atoms with E-state index in [0.29, 0.717) is 33.2 Å². The van der Waals surface area contributed by atoms with Crippen molar-refractivity contribution in [3.8, 4) is 28.0 Å². The van der Waals surface area contributed by atoms with Gasteiger partial charge in [0.15, 0.2) is 0 Å². The van der Waals surface area contributed by atoms with Crippen LogP contribution in [0.2, 0.25) is 0 Å². The Morgan fingerprint density at radius 3 is 2.48 bits per heavy atom. The number of carbonyl (C=O) groups is 1. The first kappa shape index (κ1) is 28.4. The van der Waals surface area contributed by atoms with Gasteiger partial charge in [0.1, 0.15) is 11.6 Å². The normalized spacial score (nSPS) is 12.2. The fourth-order valence-corrected chi connectivity index (χ4v) is 4.42. The minimum Gasteiger partial charge on any atom is -0.507 e. The van der Waals surface area contributed by atoms with Crippen molar-refractivity contribution in [1.82, 2.24) is 19.9 Å². The lowest BCUT2D eigenvalue weighted by molar-refractivity contribution is -0.137. The number of phenolic OH excluding ortho intramolecular Hbond substituents is 1. The third-order valence-corrected chi connectivity index (χ3v) is 6.58. The monoisotopic (exact) mass is 574 g/mol. The number of rotatable bonds is 7. The number of aryl methyl sites for hydroxylation is 1. The van der Waals surface area contributed by atoms with Crippen molar-refractivity contribution < 1.29 is 28.2 Å². The van der Waals surface area contributed by atoms with Gasteiger partial charge in [-0.3, -0.25) is 9.78 Å². The molecule has 9 nitrogen and oxygen atoms in total. The maximum absolute atomic E-state index is 13.1. The maximum atomic E-state index is 13.1. The number of aromatic nitrogens is 4. The summed E-state index contributed by atoms with van der Waals surface area (Å²) >= 11 is 0. The van der Waals surface area contributed by atoms with E-state index in [9.17, 15) is 28.2 Å². The minimum absolute atomic E-state index is 0.103. The smallest absolute Gasteiger partial charge is 0.416 e. The Hall–Kier alpha value is -5.10. The van der Waals surface area contributed by atoms with Crippen LogP contribution < -0.4 is 10.6 Å². The molecule has 0 unspecified atom stereocenters. The first-order valence-electron chi connectivity index (χ1n) is 12.8. The Morgan fingerprint density at radius 1 is 1.00 bits per heavy atom. The number of amides is 1. The van der Waals surface area contributed by atoms with Gasteiger partial charge in [-0.05, 0) is 73.0 Å². The number of halogens is 3. The van der Waals surface area contributed by atoms with Crippen molar-refractivity contribution in [2.45, 2.75) is 26.1 Å². The summed E-state index contributed by atoms with van der Waals surface area (Å²) in [6.07, 6.45) is 1.14. The summed E-state index contributed by atoms with van der Waals surface area (Å²) in [6.45, 7) is 3.45. The van der Waals surface area contributed by atoms with E-state index < -0.39 is 17.6 Å². The molecule has 12 heteroatoms. The van der Waals surface area contributed by atoms with Crippen LogP contribution >= 0.6 is 0 Å². The number of carbonyl (C=O) groups excluding carboxylic acids is 1. The van der Waals surface area contributed by atoms with Gasteiger partial charge in [-0.15, -0.1) is 0 Å². The van der Waals surface area contributed by atoms with E-state index in [1.165, 1.54) is 6.07 Å². The molecule has 3 aromatic heterocycles. The number of phenols is 1. The van der Waals surface area contributed by atoms with E-state index in [4.69, 9.17) is 0 Å². The van der Waals surface area contributed by atoms with E-state index in [1.807, 2.05) is 0 Å². The Labute approximate surface area is 238 Å². The minimum atomic E-state index is -4.59. The number of nitrogens with zero attached hydrogens (tertiary/aromatic N) is 4. The number of aliphatic hydroxyl groups excluding tert-OH is 1. The lowest BCUT2D eigenvalue weighted by Crippen LogP contribution is -2.20. The summed E-state index contributed by atoms with van der Waals surface area (Å²) in [7, 11) is 0. The molecule has 0 aliphatic rings. The van der Waals surface area contributed by atoms with Crippen LogP contribution in [0.5, 0.6) is 5.75 Å². The third kappa shape index (κ3) is 5.84. The zero-order chi connectivity index (χ0) is 30.0. The molecule has 0 saturated heterocycles. The maximum Gasteiger partial charge on any atom is 0.416 e. The van der Waals surface area contributed by atoms with Gasteiger partial charge in [-0.1, -0.05) is 6.07 Å². The van der Waals surface area contributed by atoms with Crippen LogP contribution in [0.3, 0.4) is 0 Å². The number of pyridine rings is 2. The van der Waals surface area contributed by atoms with Crippen molar-refractivity contribution in [2.75, 3.05) is 17.2 Å². The van der Waals surface area contributed by atoms with Gasteiger partial charge in [-0.2, -0.15) is 13.2 Å². The van der Waals surface area contributed by atoms with E-state index in [1.54, 1.807) is 62.8 Å². The second-order valence-electron chi connectivity index (χ2n) is 9.65. The summed E-state index contributed by atoms with van der Waals surface area (Å²) in [5, 5.41) is 27.1. The topological polar surface area (TPSA) is 133 Å². The number of alkyl halides is 3. The molecule has 0 bridgehead atoms. The molecule has 5 aromatic rings. The van der Waals surface area contributed by atoms with E-state index in [0.717, 1.165) is 23.9 Å². The third-order valence-electron chi connectivity index (χ3n) is 6.58. The van der Waals surface area contributed by atoms with Gasteiger partial charge in [0.25, 0.3) is 5.91 Å². The van der Waals surface area contributed by atoms with Crippen LogP contribution in [0.1, 0.15) is 28.4 Å². The van der Waals surface area contributed by atoms with Crippen molar-refractivity contribution in [2.24, 2.45) is 0 Å². The van der Waals surface area contributed by atoms with E-state index in [-0.39, 0.29) is 35.7 Å². The molecule has 0 aliphatic heterocycles. The molecular weight excluding hydrogens is 549 g/mol. The molecule has 0 fully saturated rings. The zero-order valence-electron chi connectivity index (χ0n) is 22.4. The second-order valence-corrected chi connectivity index (χ2v) is 9.65. The van der Waals surface area contributed by atoms with Gasteiger partial charge < -0.3 is 20.8 Å². The summed E-state index contributed by atoms with van der Waals surface area (Å²) in [5.74, 6) is -0.754. The molecule has 0 spiro atoms. The molecule has 0 saturated carbocycles. The molecular formula is C30H25F3N6O3. The fraction of sp³-hybridized carbons (Fsp3) is 0.167. The Bertz CT molecular complexity index is 1780. The molecule has 3 heterocycles. The first-order chi connectivity index (χ1) is 20.0. The lowest BCUT2D eigenvalue weighted by atomic mass is 9.91. The Balaban J connectivity index is 1.60. The van der Waals surface area contributed by atoms with Crippen molar-refractivity contribution >= 4 is 28.6 Å². The van der Waals surface area contributed by atoms with Gasteiger partial charge in [0.2, 0.25) is 5.95 Å². The lowest BCUT2D eigenvalue weighted by Gasteiger charge is -2.17. The first-order valence-corrected chi connectivity index (χ1v) is 12.8. The van der Waals surface area contributed by atoms with Crippen molar-refractivity contribution in [1.29, 1.82) is 0 Å². The Morgan fingerprint density at radius 2 is 1.76 bits per heavy atom. The van der Waals surface area contributed by atoms with Crippen LogP contribution in [0.4, 0.5) is 24.9 Å². The summed E-state index contributed by atoms with van der Waals surface area (Å²) in [6, 6.07) is 11.2. The molecule has 1 atom stereocenters. The zero-order valence-corrected chi connectivity index (χ0v) is 22.4. The summed E-state index contributed by atoms with van der Waals surface area (Å²) in [5.41, 5.74) is 2.35. The highest BCUT2D eigenvalue weighted by Gasteiger charge is 2.31. The Kier molecular flexibility index (Phi) is 7.72. The molecule has 42 heavy (non-hydrogen) atoms. The molecule has 1 amide bonds. The van der Waals surface area contributed by atoms with Gasteiger partial charge >= 0.3 is 6.18 Å². The summed E-state index contributed by atoms with van der Waals surface area (Å²) < 4.78 is 39.4. The number of aromatic hydroxyl groups is 1. The predicted molar refractivity (Wildman–Crippen MR) is 152 cm³/mol. The highest BCUT2D eigenvalue weighted by Crippen LogP contribution is 2.44. The molecule has 5 rings (SSSR count). The number of fused-ring (bicyclic) bond motifs is 1. The SMILES string of the molecule is Cc1ccc(C(=O)Nc2cc(C(F)(F)F)ccn2)cc1-c1cc2cnc(N[C@@H](C)CO)nc2c(-c2ccncc2)c1O. The molecule has 214 valence electrons. The number of benzene rings is 2. The number of nitrogens with one attached hydrogen (secondary N) is 2. The predicted octanol–water partition coefficient (Wildman–Crippen LogP) is 5.83. The van der Waals surface area contributed by atoms with Crippen molar-refractivity contribution in [3.05, 3.63) is 90.0 Å². The second kappa shape index (κ2) is 11.4. The van der Waals surface area contributed by atoms with Crippen LogP contribution in [0.25, 0.3) is 33.2 Å². The average Bonchev–Trinajstić information content (AvgIpc) is 2.97. The van der Waals surface area contributed by atoms with Gasteiger partial charge in [0, 0.05) is 47.3 Å². The summed E-state index contributed by atoms with van der Waals surface area (Å²) in [4.78, 5) is 29.9. The molecule has 2 aromatic carbocycles. The fourth-order valence-electron chi connectivity index (χ4n) is 4.42. The highest BCUT2D eigenvalue weighted by molar-refractivity contribution is 6.06.